The molecule has 2 aromatic carbocycles. The van der Waals surface area contributed by atoms with Crippen LogP contribution in [0.1, 0.15) is 40.1 Å². The van der Waals surface area contributed by atoms with Crippen molar-refractivity contribution in [2.24, 2.45) is 0 Å². The number of methoxy groups -OCH3 is 1. The Hall–Kier alpha value is -3.00. The topological polar surface area (TPSA) is 54.7 Å². The van der Waals surface area contributed by atoms with E-state index in [4.69, 9.17) is 9.15 Å². The van der Waals surface area contributed by atoms with E-state index in [1.807, 2.05) is 19.1 Å². The van der Waals surface area contributed by atoms with Crippen LogP contribution >= 0.6 is 0 Å². The van der Waals surface area contributed by atoms with E-state index in [-0.39, 0.29) is 11.9 Å². The van der Waals surface area contributed by atoms with Gasteiger partial charge in [-0.25, -0.2) is 0 Å². The minimum Gasteiger partial charge on any atom is -0.497 e. The van der Waals surface area contributed by atoms with E-state index in [1.54, 1.807) is 19.2 Å². The smallest absolute Gasteiger partial charge is 0.416 e. The van der Waals surface area contributed by atoms with Gasteiger partial charge >= 0.3 is 6.18 Å². The Morgan fingerprint density at radius 3 is 2.62 bits per heavy atom. The number of furan rings is 1. The fourth-order valence-corrected chi connectivity index (χ4v) is 4.14. The molecule has 4 rings (SSSR count). The first-order chi connectivity index (χ1) is 15.2. The van der Waals surface area contributed by atoms with Gasteiger partial charge in [0, 0.05) is 42.7 Å². The number of halogens is 3. The number of piperidine rings is 1. The molecule has 0 atom stereocenters. The average molecular weight is 446 g/mol. The number of nitrogens with zero attached hydrogens (tertiary/aromatic N) is 1. The molecule has 1 aliphatic rings. The van der Waals surface area contributed by atoms with Crippen LogP contribution in [0.4, 0.5) is 13.2 Å². The van der Waals surface area contributed by atoms with Crippen molar-refractivity contribution in [1.29, 1.82) is 0 Å². The first kappa shape index (κ1) is 22.2. The number of carbonyl (C=O) groups excluding carboxylic acids is 1. The van der Waals surface area contributed by atoms with Gasteiger partial charge in [0.15, 0.2) is 5.76 Å². The standard InChI is InChI=1S/C24H25F3N2O3/c1-15-20-7-6-19(31-2)13-21(20)32-22(15)23(30)28-18-8-10-29(11-9-18)14-16-4-3-5-17(12-16)24(25,26)27/h3-7,12-13,18H,8-11,14H2,1-2H3,(H,28,30). The predicted molar refractivity (Wildman–Crippen MR) is 115 cm³/mol. The fourth-order valence-electron chi connectivity index (χ4n) is 4.14. The molecule has 0 unspecified atom stereocenters. The quantitative estimate of drug-likeness (QED) is 0.588. The minimum absolute atomic E-state index is 0.0117. The second-order valence-electron chi connectivity index (χ2n) is 8.14. The van der Waals surface area contributed by atoms with Gasteiger partial charge in [-0.15, -0.1) is 0 Å². The third kappa shape index (κ3) is 4.75. The number of aryl methyl sites for hydroxylation is 1. The summed E-state index contributed by atoms with van der Waals surface area (Å²) in [5.74, 6) is 0.694. The Kier molecular flexibility index (Phi) is 6.15. The monoisotopic (exact) mass is 446 g/mol. The summed E-state index contributed by atoms with van der Waals surface area (Å²) in [6, 6.07) is 10.9. The molecule has 0 radical (unpaired) electrons. The molecule has 1 fully saturated rings. The van der Waals surface area contributed by atoms with Crippen LogP contribution in [0.15, 0.2) is 46.9 Å². The highest BCUT2D eigenvalue weighted by Crippen LogP contribution is 2.30. The summed E-state index contributed by atoms with van der Waals surface area (Å²) >= 11 is 0. The van der Waals surface area contributed by atoms with E-state index in [0.717, 1.165) is 29.9 Å². The second-order valence-corrected chi connectivity index (χ2v) is 8.14. The Morgan fingerprint density at radius 1 is 1.19 bits per heavy atom. The zero-order chi connectivity index (χ0) is 22.9. The summed E-state index contributed by atoms with van der Waals surface area (Å²) < 4.78 is 49.8. The number of hydrogen-bond donors (Lipinski definition) is 1. The Labute approximate surface area is 184 Å². The molecule has 1 N–H and O–H groups in total. The lowest BCUT2D eigenvalue weighted by Gasteiger charge is -2.32. The van der Waals surface area contributed by atoms with Crippen molar-refractivity contribution in [2.45, 2.75) is 38.5 Å². The van der Waals surface area contributed by atoms with E-state index in [1.165, 1.54) is 12.1 Å². The fraction of sp³-hybridized carbons (Fsp3) is 0.375. The molecule has 5 nitrogen and oxygen atoms in total. The summed E-state index contributed by atoms with van der Waals surface area (Å²) in [6.45, 7) is 3.69. The number of amides is 1. The lowest BCUT2D eigenvalue weighted by atomic mass is 10.0. The number of carbonyl (C=O) groups is 1. The molecule has 2 heterocycles. The van der Waals surface area contributed by atoms with Crippen LogP contribution in [-0.2, 0) is 12.7 Å². The van der Waals surface area contributed by atoms with E-state index in [2.05, 4.69) is 10.2 Å². The van der Waals surface area contributed by atoms with Crippen LogP contribution in [0, 0.1) is 6.92 Å². The molecule has 0 spiro atoms. The minimum atomic E-state index is -4.34. The zero-order valence-electron chi connectivity index (χ0n) is 18.0. The summed E-state index contributed by atoms with van der Waals surface area (Å²) in [4.78, 5) is 14.9. The molecule has 1 aromatic heterocycles. The maximum Gasteiger partial charge on any atom is 0.416 e. The Morgan fingerprint density at radius 2 is 1.94 bits per heavy atom. The van der Waals surface area contributed by atoms with E-state index < -0.39 is 11.7 Å². The summed E-state index contributed by atoms with van der Waals surface area (Å²) in [6.07, 6.45) is -2.90. The molecule has 0 saturated carbocycles. The maximum atomic E-state index is 12.9. The van der Waals surface area contributed by atoms with Crippen LogP contribution in [0.2, 0.25) is 0 Å². The first-order valence-corrected chi connectivity index (χ1v) is 10.5. The largest absolute Gasteiger partial charge is 0.497 e. The van der Waals surface area contributed by atoms with Crippen molar-refractivity contribution in [3.05, 3.63) is 64.9 Å². The molecule has 8 heteroatoms. The number of likely N-dealkylation sites (tertiary alicyclic amines) is 1. The molecule has 3 aromatic rings. The summed E-state index contributed by atoms with van der Waals surface area (Å²) in [7, 11) is 1.57. The molecule has 1 aliphatic heterocycles. The second kappa shape index (κ2) is 8.86. The van der Waals surface area contributed by atoms with Crippen molar-refractivity contribution < 1.29 is 27.1 Å². The van der Waals surface area contributed by atoms with Crippen molar-refractivity contribution in [2.75, 3.05) is 20.2 Å². The third-order valence-electron chi connectivity index (χ3n) is 5.93. The van der Waals surface area contributed by atoms with Crippen LogP contribution in [0.5, 0.6) is 5.75 Å². The summed E-state index contributed by atoms with van der Waals surface area (Å²) in [5, 5.41) is 3.91. The predicted octanol–water partition coefficient (Wildman–Crippen LogP) is 5.16. The van der Waals surface area contributed by atoms with Crippen LogP contribution in [0.3, 0.4) is 0 Å². The number of fused-ring (bicyclic) bond motifs is 1. The number of hydrogen-bond acceptors (Lipinski definition) is 4. The number of alkyl halides is 3. The maximum absolute atomic E-state index is 12.9. The van der Waals surface area contributed by atoms with Crippen LogP contribution in [-0.4, -0.2) is 37.0 Å². The van der Waals surface area contributed by atoms with Gasteiger partial charge in [-0.3, -0.25) is 9.69 Å². The number of nitrogens with one attached hydrogen (secondary N) is 1. The van der Waals surface area contributed by atoms with Crippen molar-refractivity contribution in [3.63, 3.8) is 0 Å². The normalized spacial score (nSPS) is 15.8. The zero-order valence-corrected chi connectivity index (χ0v) is 18.0. The molecule has 0 aliphatic carbocycles. The van der Waals surface area contributed by atoms with Gasteiger partial charge < -0.3 is 14.5 Å². The first-order valence-electron chi connectivity index (χ1n) is 10.5. The molecule has 0 bridgehead atoms. The molecular formula is C24H25F3N2O3. The van der Waals surface area contributed by atoms with Crippen molar-refractivity contribution >= 4 is 16.9 Å². The van der Waals surface area contributed by atoms with Gasteiger partial charge in [-0.05, 0) is 43.5 Å². The lowest BCUT2D eigenvalue weighted by Crippen LogP contribution is -2.44. The molecule has 32 heavy (non-hydrogen) atoms. The molecule has 1 amide bonds. The van der Waals surface area contributed by atoms with Gasteiger partial charge in [0.1, 0.15) is 11.3 Å². The van der Waals surface area contributed by atoms with Crippen molar-refractivity contribution in [1.82, 2.24) is 10.2 Å². The SMILES string of the molecule is COc1ccc2c(C)c(C(=O)NC3CCN(Cc4cccc(C(F)(F)F)c4)CC3)oc2c1. The van der Waals surface area contributed by atoms with Gasteiger partial charge in [-0.1, -0.05) is 18.2 Å². The van der Waals surface area contributed by atoms with Gasteiger partial charge in [0.25, 0.3) is 5.91 Å². The van der Waals surface area contributed by atoms with E-state index in [0.29, 0.717) is 42.3 Å². The molecule has 1 saturated heterocycles. The van der Waals surface area contributed by atoms with Gasteiger partial charge in [0.2, 0.25) is 0 Å². The Balaban J connectivity index is 1.35. The number of rotatable bonds is 5. The highest BCUT2D eigenvalue weighted by molar-refractivity contribution is 5.99. The number of benzene rings is 2. The van der Waals surface area contributed by atoms with Gasteiger partial charge in [0.05, 0.1) is 12.7 Å². The Bertz CT molecular complexity index is 1120. The van der Waals surface area contributed by atoms with Crippen molar-refractivity contribution in [3.8, 4) is 5.75 Å². The summed E-state index contributed by atoms with van der Waals surface area (Å²) in [5.41, 5.74) is 1.39. The van der Waals surface area contributed by atoms with Crippen LogP contribution < -0.4 is 10.1 Å². The van der Waals surface area contributed by atoms with E-state index >= 15 is 0 Å². The third-order valence-corrected chi connectivity index (χ3v) is 5.93. The number of ether oxygens (including phenoxy) is 1. The average Bonchev–Trinajstić information content (AvgIpc) is 3.10. The molecule has 170 valence electrons. The highest BCUT2D eigenvalue weighted by atomic mass is 19.4. The highest BCUT2D eigenvalue weighted by Gasteiger charge is 2.30. The van der Waals surface area contributed by atoms with Gasteiger partial charge in [-0.2, -0.15) is 13.2 Å². The van der Waals surface area contributed by atoms with E-state index in [9.17, 15) is 18.0 Å². The molecular weight excluding hydrogens is 421 g/mol. The lowest BCUT2D eigenvalue weighted by molar-refractivity contribution is -0.137. The van der Waals surface area contributed by atoms with Crippen LogP contribution in [0.25, 0.3) is 11.0 Å².